The van der Waals surface area contributed by atoms with Crippen LogP contribution < -0.4 is 5.32 Å². The summed E-state index contributed by atoms with van der Waals surface area (Å²) in [7, 11) is 0. The number of rotatable bonds is 2. The van der Waals surface area contributed by atoms with Gasteiger partial charge in [0, 0.05) is 6.61 Å². The molecule has 0 radical (unpaired) electrons. The second-order valence-electron chi connectivity index (χ2n) is 3.81. The van der Waals surface area contributed by atoms with E-state index in [0.29, 0.717) is 6.04 Å². The van der Waals surface area contributed by atoms with Gasteiger partial charge in [0.1, 0.15) is 0 Å². The summed E-state index contributed by atoms with van der Waals surface area (Å²) in [5.41, 5.74) is 0.957. The van der Waals surface area contributed by atoms with Crippen molar-refractivity contribution in [1.29, 1.82) is 0 Å². The maximum Gasteiger partial charge on any atom is 0.184 e. The Morgan fingerprint density at radius 1 is 1.50 bits per heavy atom. The first kappa shape index (κ1) is 10.3. The molecule has 16 heavy (non-hydrogen) atoms. The van der Waals surface area contributed by atoms with Crippen molar-refractivity contribution >= 4 is 38.3 Å². The van der Waals surface area contributed by atoms with E-state index in [1.807, 2.05) is 18.2 Å². The highest BCUT2D eigenvalue weighted by Gasteiger charge is 2.17. The van der Waals surface area contributed by atoms with Crippen LogP contribution in [0.5, 0.6) is 0 Å². The van der Waals surface area contributed by atoms with E-state index in [0.717, 1.165) is 40.0 Å². The fraction of sp³-hybridized carbons (Fsp3) is 0.364. The first-order chi connectivity index (χ1) is 7.83. The molecule has 1 saturated heterocycles. The topological polar surface area (TPSA) is 34.2 Å². The minimum absolute atomic E-state index is 0.388. The maximum atomic E-state index is 6.10. The number of nitrogens with one attached hydrogen (secondary N) is 1. The third-order valence-electron chi connectivity index (χ3n) is 2.62. The molecular formula is C11H11ClN2OS. The highest BCUT2D eigenvalue weighted by Crippen LogP contribution is 2.32. The Labute approximate surface area is 102 Å². The van der Waals surface area contributed by atoms with E-state index in [1.54, 1.807) is 11.3 Å². The minimum atomic E-state index is 0.388. The fourth-order valence-electron chi connectivity index (χ4n) is 1.80. The first-order valence-electron chi connectivity index (χ1n) is 5.22. The minimum Gasteiger partial charge on any atom is -0.379 e. The van der Waals surface area contributed by atoms with Crippen LogP contribution in [0.1, 0.15) is 6.42 Å². The summed E-state index contributed by atoms with van der Waals surface area (Å²) in [5.74, 6) is 0. The highest BCUT2D eigenvalue weighted by molar-refractivity contribution is 7.22. The lowest BCUT2D eigenvalue weighted by Gasteiger charge is -2.07. The van der Waals surface area contributed by atoms with Gasteiger partial charge in [-0.25, -0.2) is 4.98 Å². The van der Waals surface area contributed by atoms with Gasteiger partial charge in [0.25, 0.3) is 0 Å². The van der Waals surface area contributed by atoms with Gasteiger partial charge in [0.15, 0.2) is 5.13 Å². The Hall–Kier alpha value is -0.840. The third-order valence-corrected chi connectivity index (χ3v) is 4.09. The van der Waals surface area contributed by atoms with Crippen LogP contribution in [0.25, 0.3) is 10.2 Å². The molecule has 0 spiro atoms. The fourth-order valence-corrected chi connectivity index (χ4v) is 3.03. The number of benzene rings is 1. The second kappa shape index (κ2) is 4.20. The predicted molar refractivity (Wildman–Crippen MR) is 67.5 cm³/mol. The van der Waals surface area contributed by atoms with E-state index in [9.17, 15) is 0 Å². The highest BCUT2D eigenvalue weighted by atomic mass is 35.5. The van der Waals surface area contributed by atoms with Crippen LogP contribution in [0.4, 0.5) is 5.13 Å². The molecular weight excluding hydrogens is 244 g/mol. The Morgan fingerprint density at radius 2 is 2.44 bits per heavy atom. The molecule has 1 aliphatic rings. The van der Waals surface area contributed by atoms with Crippen molar-refractivity contribution in [2.75, 3.05) is 18.5 Å². The summed E-state index contributed by atoms with van der Waals surface area (Å²) in [6.45, 7) is 1.60. The average Bonchev–Trinajstić information content (AvgIpc) is 2.88. The number of aromatic nitrogens is 1. The summed E-state index contributed by atoms with van der Waals surface area (Å²) in [5, 5.41) is 5.08. The average molecular weight is 255 g/mol. The Bertz CT molecular complexity index is 508. The summed E-state index contributed by atoms with van der Waals surface area (Å²) < 4.78 is 6.36. The zero-order valence-electron chi connectivity index (χ0n) is 8.57. The molecule has 1 fully saturated rings. The second-order valence-corrected chi connectivity index (χ2v) is 5.22. The largest absolute Gasteiger partial charge is 0.379 e. The van der Waals surface area contributed by atoms with E-state index in [2.05, 4.69) is 10.3 Å². The number of hydrogen-bond donors (Lipinski definition) is 1. The Morgan fingerprint density at radius 3 is 3.19 bits per heavy atom. The molecule has 84 valence electrons. The number of ether oxygens (including phenoxy) is 1. The van der Waals surface area contributed by atoms with Gasteiger partial charge in [0.2, 0.25) is 0 Å². The summed E-state index contributed by atoms with van der Waals surface area (Å²) in [6, 6.07) is 6.19. The number of fused-ring (bicyclic) bond motifs is 1. The van der Waals surface area contributed by atoms with Gasteiger partial charge in [-0.3, -0.25) is 0 Å². The predicted octanol–water partition coefficient (Wildman–Crippen LogP) is 3.15. The van der Waals surface area contributed by atoms with E-state index in [1.165, 1.54) is 0 Å². The van der Waals surface area contributed by atoms with Crippen molar-refractivity contribution in [2.24, 2.45) is 0 Å². The van der Waals surface area contributed by atoms with E-state index in [-0.39, 0.29) is 0 Å². The van der Waals surface area contributed by atoms with Crippen LogP contribution in [0.2, 0.25) is 5.02 Å². The van der Waals surface area contributed by atoms with E-state index >= 15 is 0 Å². The van der Waals surface area contributed by atoms with Gasteiger partial charge in [-0.1, -0.05) is 29.0 Å². The van der Waals surface area contributed by atoms with Crippen molar-refractivity contribution in [1.82, 2.24) is 4.98 Å². The number of anilines is 1. The zero-order chi connectivity index (χ0) is 11.0. The number of halogens is 1. The van der Waals surface area contributed by atoms with Gasteiger partial charge in [-0.15, -0.1) is 0 Å². The first-order valence-corrected chi connectivity index (χ1v) is 6.42. The lowest BCUT2D eigenvalue weighted by atomic mass is 10.3. The monoisotopic (exact) mass is 254 g/mol. The Balaban J connectivity index is 1.90. The van der Waals surface area contributed by atoms with E-state index in [4.69, 9.17) is 16.3 Å². The van der Waals surface area contributed by atoms with Gasteiger partial charge < -0.3 is 10.1 Å². The lowest BCUT2D eigenvalue weighted by molar-refractivity contribution is 0.195. The van der Waals surface area contributed by atoms with Crippen LogP contribution in [-0.4, -0.2) is 24.2 Å². The molecule has 2 aromatic rings. The molecule has 0 bridgehead atoms. The number of hydrogen-bond acceptors (Lipinski definition) is 4. The number of nitrogens with zero attached hydrogens (tertiary/aromatic N) is 1. The van der Waals surface area contributed by atoms with Crippen LogP contribution in [0.3, 0.4) is 0 Å². The van der Waals surface area contributed by atoms with Gasteiger partial charge >= 0.3 is 0 Å². The molecule has 1 N–H and O–H groups in total. The molecule has 0 amide bonds. The smallest absolute Gasteiger partial charge is 0.184 e. The normalized spacial score (nSPS) is 20.4. The quantitative estimate of drug-likeness (QED) is 0.894. The van der Waals surface area contributed by atoms with Crippen molar-refractivity contribution in [3.8, 4) is 0 Å². The molecule has 2 heterocycles. The third kappa shape index (κ3) is 1.88. The summed E-state index contributed by atoms with van der Waals surface area (Å²) in [4.78, 5) is 4.50. The van der Waals surface area contributed by atoms with Gasteiger partial charge in [-0.05, 0) is 18.6 Å². The number of thiazole rings is 1. The van der Waals surface area contributed by atoms with Crippen LogP contribution in [0, 0.1) is 0 Å². The SMILES string of the molecule is Clc1cccc2nc(NC3CCOC3)sc12. The Kier molecular flexibility index (Phi) is 2.71. The maximum absolute atomic E-state index is 6.10. The van der Waals surface area contributed by atoms with Crippen LogP contribution in [-0.2, 0) is 4.74 Å². The van der Waals surface area contributed by atoms with Crippen molar-refractivity contribution in [2.45, 2.75) is 12.5 Å². The zero-order valence-corrected chi connectivity index (χ0v) is 10.1. The standard InChI is InChI=1S/C11H11ClN2OS/c12-8-2-1-3-9-10(8)16-11(14-9)13-7-4-5-15-6-7/h1-3,7H,4-6H2,(H,13,14). The van der Waals surface area contributed by atoms with Crippen LogP contribution >= 0.6 is 22.9 Å². The summed E-state index contributed by atoms with van der Waals surface area (Å²) in [6.07, 6.45) is 1.05. The molecule has 1 aromatic carbocycles. The van der Waals surface area contributed by atoms with Gasteiger partial charge in [0.05, 0.1) is 27.9 Å². The van der Waals surface area contributed by atoms with E-state index < -0.39 is 0 Å². The lowest BCUT2D eigenvalue weighted by Crippen LogP contribution is -2.18. The molecule has 3 rings (SSSR count). The molecule has 5 heteroatoms. The molecule has 1 unspecified atom stereocenters. The van der Waals surface area contributed by atoms with Gasteiger partial charge in [-0.2, -0.15) is 0 Å². The van der Waals surface area contributed by atoms with Crippen molar-refractivity contribution in [3.63, 3.8) is 0 Å². The molecule has 1 aromatic heterocycles. The molecule has 0 saturated carbocycles. The molecule has 0 aliphatic carbocycles. The van der Waals surface area contributed by atoms with Crippen molar-refractivity contribution in [3.05, 3.63) is 23.2 Å². The van der Waals surface area contributed by atoms with Crippen LogP contribution in [0.15, 0.2) is 18.2 Å². The molecule has 3 nitrogen and oxygen atoms in total. The molecule has 1 atom stereocenters. The summed E-state index contributed by atoms with van der Waals surface area (Å²) >= 11 is 7.71. The van der Waals surface area contributed by atoms with Crippen molar-refractivity contribution < 1.29 is 4.74 Å². The molecule has 1 aliphatic heterocycles.